The monoisotopic (exact) mass is 362 g/mol. The Hall–Kier alpha value is -3.32. The second-order valence-corrected chi connectivity index (χ2v) is 6.46. The lowest BCUT2D eigenvalue weighted by Gasteiger charge is -2.02. The summed E-state index contributed by atoms with van der Waals surface area (Å²) in [7, 11) is 0. The molecule has 6 nitrogen and oxygen atoms in total. The maximum atomic E-state index is 12.6. The van der Waals surface area contributed by atoms with Crippen LogP contribution in [0, 0.1) is 0 Å². The Balaban J connectivity index is 1.68. The fourth-order valence-corrected chi connectivity index (χ4v) is 3.33. The van der Waals surface area contributed by atoms with E-state index in [9.17, 15) is 4.79 Å². The van der Waals surface area contributed by atoms with Gasteiger partial charge >= 0.3 is 0 Å². The minimum atomic E-state index is -0.176. The maximum absolute atomic E-state index is 12.6. The van der Waals surface area contributed by atoms with E-state index in [4.69, 9.17) is 4.74 Å². The molecule has 0 fully saturated rings. The number of nitrogens with zero attached hydrogens (tertiary/aromatic N) is 4. The first-order valence-corrected chi connectivity index (χ1v) is 8.72. The molecule has 0 saturated carbocycles. The fourth-order valence-electron chi connectivity index (χ4n) is 2.42. The van der Waals surface area contributed by atoms with E-state index in [1.807, 2.05) is 42.5 Å². The molecule has 0 aliphatic carbocycles. The third-order valence-electron chi connectivity index (χ3n) is 3.67. The number of thiazole rings is 1. The molecule has 7 heteroatoms. The van der Waals surface area contributed by atoms with Crippen LogP contribution in [0.2, 0.25) is 0 Å². The van der Waals surface area contributed by atoms with Crippen molar-refractivity contribution < 1.29 is 4.74 Å². The minimum Gasteiger partial charge on any atom is -0.490 e. The van der Waals surface area contributed by atoms with E-state index >= 15 is 0 Å². The first kappa shape index (κ1) is 16.2. The van der Waals surface area contributed by atoms with Gasteiger partial charge in [0.25, 0.3) is 5.56 Å². The van der Waals surface area contributed by atoms with Crippen LogP contribution in [0.15, 0.2) is 66.2 Å². The van der Waals surface area contributed by atoms with E-state index in [-0.39, 0.29) is 5.56 Å². The molecule has 0 N–H and O–H groups in total. The molecule has 1 aromatic carbocycles. The zero-order chi connectivity index (χ0) is 17.9. The van der Waals surface area contributed by atoms with Crippen LogP contribution in [0.5, 0.6) is 5.75 Å². The molecule has 0 spiro atoms. The standard InChI is InChI=1S/C19H14N4O2S/c1-2-11-25-15-5-3-13(4-6-15)12-16-18(24)23-19(26-16)21-17(22-23)14-7-9-20-10-8-14/h2-10,12H,1,11H2/b16-12+. The molecule has 4 aromatic rings. The Morgan fingerprint density at radius 1 is 1.15 bits per heavy atom. The van der Waals surface area contributed by atoms with Crippen molar-refractivity contribution in [1.82, 2.24) is 19.6 Å². The zero-order valence-corrected chi connectivity index (χ0v) is 14.5. The SMILES string of the molecule is C=CCOc1ccc(/C=c2/sc3nc(-c4ccncc4)nn3c2=O)cc1. The van der Waals surface area contributed by atoms with Crippen molar-refractivity contribution in [2.75, 3.05) is 6.61 Å². The van der Waals surface area contributed by atoms with E-state index in [0.29, 0.717) is 21.9 Å². The van der Waals surface area contributed by atoms with Crippen LogP contribution in [0.3, 0.4) is 0 Å². The van der Waals surface area contributed by atoms with E-state index in [1.165, 1.54) is 15.9 Å². The highest BCUT2D eigenvalue weighted by Gasteiger charge is 2.11. The maximum Gasteiger partial charge on any atom is 0.291 e. The van der Waals surface area contributed by atoms with Gasteiger partial charge in [-0.25, -0.2) is 0 Å². The van der Waals surface area contributed by atoms with Gasteiger partial charge in [0.1, 0.15) is 12.4 Å². The van der Waals surface area contributed by atoms with Crippen molar-refractivity contribution in [3.63, 3.8) is 0 Å². The van der Waals surface area contributed by atoms with Crippen LogP contribution in [-0.2, 0) is 0 Å². The van der Waals surface area contributed by atoms with Crippen molar-refractivity contribution in [3.05, 3.63) is 81.9 Å². The first-order chi connectivity index (χ1) is 12.7. The second-order valence-electron chi connectivity index (χ2n) is 5.45. The normalized spacial score (nSPS) is 11.8. The summed E-state index contributed by atoms with van der Waals surface area (Å²) in [5, 5.41) is 4.32. The van der Waals surface area contributed by atoms with Gasteiger partial charge < -0.3 is 4.74 Å². The smallest absolute Gasteiger partial charge is 0.291 e. The van der Waals surface area contributed by atoms with Gasteiger partial charge in [0, 0.05) is 18.0 Å². The fraction of sp³-hybridized carbons (Fsp3) is 0.0526. The molecular formula is C19H14N4O2S. The summed E-state index contributed by atoms with van der Waals surface area (Å²) in [5.41, 5.74) is 1.56. The average molecular weight is 362 g/mol. The summed E-state index contributed by atoms with van der Waals surface area (Å²) in [6, 6.07) is 11.1. The Morgan fingerprint density at radius 3 is 2.62 bits per heavy atom. The lowest BCUT2D eigenvalue weighted by Crippen LogP contribution is -2.23. The number of ether oxygens (including phenoxy) is 1. The highest BCUT2D eigenvalue weighted by Crippen LogP contribution is 2.15. The number of rotatable bonds is 5. The van der Waals surface area contributed by atoms with Gasteiger partial charge in [-0.05, 0) is 35.9 Å². The lowest BCUT2D eigenvalue weighted by atomic mass is 10.2. The van der Waals surface area contributed by atoms with Crippen LogP contribution < -0.4 is 14.8 Å². The summed E-state index contributed by atoms with van der Waals surface area (Å²) in [5.74, 6) is 1.28. The number of pyridine rings is 1. The molecule has 4 rings (SSSR count). The van der Waals surface area contributed by atoms with Crippen LogP contribution in [-0.4, -0.2) is 26.2 Å². The van der Waals surface area contributed by atoms with E-state index in [1.54, 1.807) is 18.5 Å². The molecule has 0 bridgehead atoms. The third kappa shape index (κ3) is 3.12. The molecule has 0 radical (unpaired) electrons. The second kappa shape index (κ2) is 6.89. The molecule has 0 amide bonds. The molecule has 0 atom stereocenters. The first-order valence-electron chi connectivity index (χ1n) is 7.90. The van der Waals surface area contributed by atoms with Crippen LogP contribution >= 0.6 is 11.3 Å². The summed E-state index contributed by atoms with van der Waals surface area (Å²) in [6.45, 7) is 4.08. The molecule has 0 aliphatic heterocycles. The summed E-state index contributed by atoms with van der Waals surface area (Å²) in [6.07, 6.45) is 6.86. The Bertz CT molecular complexity index is 1160. The molecule has 128 valence electrons. The molecule has 26 heavy (non-hydrogen) atoms. The van der Waals surface area contributed by atoms with Crippen molar-refractivity contribution in [1.29, 1.82) is 0 Å². The zero-order valence-electron chi connectivity index (χ0n) is 13.7. The molecule has 0 saturated heterocycles. The largest absolute Gasteiger partial charge is 0.490 e. The van der Waals surface area contributed by atoms with E-state index < -0.39 is 0 Å². The Morgan fingerprint density at radius 2 is 1.92 bits per heavy atom. The molecule has 0 unspecified atom stereocenters. The lowest BCUT2D eigenvalue weighted by molar-refractivity contribution is 0.363. The molecule has 0 aliphatic rings. The summed E-state index contributed by atoms with van der Waals surface area (Å²) in [4.78, 5) is 21.6. The van der Waals surface area contributed by atoms with Crippen molar-refractivity contribution in [2.45, 2.75) is 0 Å². The number of hydrogen-bond donors (Lipinski definition) is 0. The number of aromatic nitrogens is 4. The van der Waals surface area contributed by atoms with Gasteiger partial charge in [0.15, 0.2) is 5.82 Å². The van der Waals surface area contributed by atoms with Crippen molar-refractivity contribution >= 4 is 22.4 Å². The Labute approximate surface area is 152 Å². The van der Waals surface area contributed by atoms with E-state index in [2.05, 4.69) is 21.6 Å². The van der Waals surface area contributed by atoms with Gasteiger partial charge in [-0.3, -0.25) is 9.78 Å². The van der Waals surface area contributed by atoms with Crippen LogP contribution in [0.4, 0.5) is 0 Å². The number of benzene rings is 1. The predicted octanol–water partition coefficient (Wildman–Crippen LogP) is 2.33. The quantitative estimate of drug-likeness (QED) is 0.510. The summed E-state index contributed by atoms with van der Waals surface area (Å²) >= 11 is 1.31. The van der Waals surface area contributed by atoms with Gasteiger partial charge in [0.2, 0.25) is 4.96 Å². The molecule has 3 aromatic heterocycles. The van der Waals surface area contributed by atoms with Gasteiger partial charge in [-0.1, -0.05) is 36.1 Å². The number of hydrogen-bond acceptors (Lipinski definition) is 6. The van der Waals surface area contributed by atoms with Crippen molar-refractivity contribution in [2.24, 2.45) is 0 Å². The van der Waals surface area contributed by atoms with Crippen LogP contribution in [0.25, 0.3) is 22.4 Å². The highest BCUT2D eigenvalue weighted by atomic mass is 32.1. The summed E-state index contributed by atoms with van der Waals surface area (Å²) < 4.78 is 7.38. The van der Waals surface area contributed by atoms with Gasteiger partial charge in [-0.15, -0.1) is 5.10 Å². The van der Waals surface area contributed by atoms with Gasteiger partial charge in [-0.2, -0.15) is 9.50 Å². The molecular weight excluding hydrogens is 348 g/mol. The van der Waals surface area contributed by atoms with E-state index in [0.717, 1.165) is 16.9 Å². The van der Waals surface area contributed by atoms with Crippen molar-refractivity contribution in [3.8, 4) is 17.1 Å². The third-order valence-corrected chi connectivity index (χ3v) is 4.63. The highest BCUT2D eigenvalue weighted by molar-refractivity contribution is 7.15. The number of fused-ring (bicyclic) bond motifs is 1. The minimum absolute atomic E-state index is 0.176. The molecule has 3 heterocycles. The average Bonchev–Trinajstić information content (AvgIpc) is 3.22. The van der Waals surface area contributed by atoms with Gasteiger partial charge in [0.05, 0.1) is 4.53 Å². The Kier molecular flexibility index (Phi) is 4.28. The van der Waals surface area contributed by atoms with Crippen LogP contribution in [0.1, 0.15) is 5.56 Å². The topological polar surface area (TPSA) is 69.4 Å². The predicted molar refractivity (Wildman–Crippen MR) is 101 cm³/mol.